The number of benzene rings is 2. The maximum absolute atomic E-state index is 13.4. The molecule has 1 saturated carbocycles. The summed E-state index contributed by atoms with van der Waals surface area (Å²) >= 11 is 0. The van der Waals surface area contributed by atoms with Crippen molar-refractivity contribution in [3.63, 3.8) is 0 Å². The van der Waals surface area contributed by atoms with Crippen LogP contribution in [0.5, 0.6) is 0 Å². The molecule has 5 nitrogen and oxygen atoms in total. The van der Waals surface area contributed by atoms with E-state index in [-0.39, 0.29) is 16.5 Å². The first kappa shape index (κ1) is 22.4. The minimum atomic E-state index is -3.63. The third-order valence-corrected chi connectivity index (χ3v) is 7.60. The van der Waals surface area contributed by atoms with Crippen LogP contribution in [0.1, 0.15) is 61.0 Å². The second-order valence-electron chi connectivity index (χ2n) is 7.71. The number of sulfonamides is 1. The molecule has 30 heavy (non-hydrogen) atoms. The lowest BCUT2D eigenvalue weighted by molar-refractivity contribution is 0.0939. The average Bonchev–Trinajstić information content (AvgIpc) is 2.75. The molecule has 1 unspecified atom stereocenters. The molecule has 0 spiro atoms. The lowest BCUT2D eigenvalue weighted by Crippen LogP contribution is -2.38. The van der Waals surface area contributed by atoms with Crippen molar-refractivity contribution in [2.75, 3.05) is 7.05 Å². The Balaban J connectivity index is 1.69. The van der Waals surface area contributed by atoms with E-state index in [9.17, 15) is 22.0 Å². The van der Waals surface area contributed by atoms with Crippen molar-refractivity contribution in [2.24, 2.45) is 0 Å². The van der Waals surface area contributed by atoms with Gasteiger partial charge in [0.2, 0.25) is 10.0 Å². The van der Waals surface area contributed by atoms with Crippen molar-refractivity contribution in [1.29, 1.82) is 0 Å². The van der Waals surface area contributed by atoms with E-state index in [0.29, 0.717) is 5.56 Å². The highest BCUT2D eigenvalue weighted by Crippen LogP contribution is 2.26. The fraction of sp³-hybridized carbons (Fsp3) is 0.409. The molecule has 1 amide bonds. The third kappa shape index (κ3) is 4.87. The maximum Gasteiger partial charge on any atom is 0.251 e. The number of carbonyl (C=O) groups is 1. The molecule has 0 heterocycles. The SMILES string of the molecule is CC(NC(=O)c1ccc(S(=O)(=O)N(C)C2CCCCC2)cc1)c1ccc(F)c(F)c1. The van der Waals surface area contributed by atoms with E-state index in [1.54, 1.807) is 14.0 Å². The summed E-state index contributed by atoms with van der Waals surface area (Å²) < 4.78 is 53.7. The predicted octanol–water partition coefficient (Wildman–Crippen LogP) is 4.41. The van der Waals surface area contributed by atoms with Gasteiger partial charge in [0, 0.05) is 18.7 Å². The van der Waals surface area contributed by atoms with Gasteiger partial charge in [0.15, 0.2) is 11.6 Å². The van der Waals surface area contributed by atoms with Crippen LogP contribution in [0.2, 0.25) is 0 Å². The molecule has 3 rings (SSSR count). The Morgan fingerprint density at radius 1 is 1.03 bits per heavy atom. The Kier molecular flexibility index (Phi) is 6.88. The van der Waals surface area contributed by atoms with Gasteiger partial charge in [0.1, 0.15) is 0 Å². The van der Waals surface area contributed by atoms with Crippen LogP contribution in [0.4, 0.5) is 8.78 Å². The molecular weight excluding hydrogens is 410 g/mol. The van der Waals surface area contributed by atoms with E-state index in [0.717, 1.165) is 44.2 Å². The van der Waals surface area contributed by atoms with Crippen LogP contribution in [0, 0.1) is 11.6 Å². The Morgan fingerprint density at radius 2 is 1.67 bits per heavy atom. The predicted molar refractivity (Wildman–Crippen MR) is 111 cm³/mol. The molecule has 0 radical (unpaired) electrons. The summed E-state index contributed by atoms with van der Waals surface area (Å²) in [7, 11) is -2.02. The summed E-state index contributed by atoms with van der Waals surface area (Å²) in [6.45, 7) is 1.66. The highest BCUT2D eigenvalue weighted by atomic mass is 32.2. The lowest BCUT2D eigenvalue weighted by atomic mass is 9.96. The van der Waals surface area contributed by atoms with E-state index in [1.807, 2.05) is 0 Å². The molecule has 1 fully saturated rings. The summed E-state index contributed by atoms with van der Waals surface area (Å²) in [5.41, 5.74) is 0.708. The zero-order valence-electron chi connectivity index (χ0n) is 17.1. The normalized spacial score (nSPS) is 16.4. The van der Waals surface area contributed by atoms with Gasteiger partial charge in [-0.2, -0.15) is 4.31 Å². The highest BCUT2D eigenvalue weighted by molar-refractivity contribution is 7.89. The first-order valence-corrected chi connectivity index (χ1v) is 11.5. The monoisotopic (exact) mass is 436 g/mol. The highest BCUT2D eigenvalue weighted by Gasteiger charge is 2.29. The molecule has 8 heteroatoms. The molecule has 0 bridgehead atoms. The number of rotatable bonds is 6. The van der Waals surface area contributed by atoms with Crippen LogP contribution < -0.4 is 5.32 Å². The number of halogens is 2. The minimum Gasteiger partial charge on any atom is -0.346 e. The van der Waals surface area contributed by atoms with Gasteiger partial charge in [-0.25, -0.2) is 17.2 Å². The van der Waals surface area contributed by atoms with E-state index in [2.05, 4.69) is 5.32 Å². The topological polar surface area (TPSA) is 66.5 Å². The molecule has 0 aliphatic heterocycles. The number of hydrogen-bond donors (Lipinski definition) is 1. The van der Waals surface area contributed by atoms with Gasteiger partial charge in [0.25, 0.3) is 5.91 Å². The third-order valence-electron chi connectivity index (χ3n) is 5.67. The molecule has 0 saturated heterocycles. The summed E-state index contributed by atoms with van der Waals surface area (Å²) in [4.78, 5) is 12.6. The number of amides is 1. The van der Waals surface area contributed by atoms with Crippen LogP contribution in [-0.2, 0) is 10.0 Å². The Labute approximate surface area is 176 Å². The largest absolute Gasteiger partial charge is 0.346 e. The molecule has 2 aromatic carbocycles. The van der Waals surface area contributed by atoms with Crippen molar-refractivity contribution < 1.29 is 22.0 Å². The molecule has 1 N–H and O–H groups in total. The van der Waals surface area contributed by atoms with Crippen LogP contribution in [0.15, 0.2) is 47.4 Å². The van der Waals surface area contributed by atoms with Crippen molar-refractivity contribution in [3.05, 3.63) is 65.2 Å². The quantitative estimate of drug-likeness (QED) is 0.730. The summed E-state index contributed by atoms with van der Waals surface area (Å²) in [5.74, 6) is -2.37. The molecule has 1 atom stereocenters. The molecule has 1 aliphatic carbocycles. The number of hydrogen-bond acceptors (Lipinski definition) is 3. The molecular formula is C22H26F2N2O3S. The van der Waals surface area contributed by atoms with Crippen molar-refractivity contribution >= 4 is 15.9 Å². The first-order chi connectivity index (χ1) is 14.2. The van der Waals surface area contributed by atoms with E-state index >= 15 is 0 Å². The summed E-state index contributed by atoms with van der Waals surface area (Å²) in [5, 5.41) is 2.70. The second kappa shape index (κ2) is 9.22. The molecule has 1 aliphatic rings. The van der Waals surface area contributed by atoms with Crippen molar-refractivity contribution in [2.45, 2.75) is 56.0 Å². The van der Waals surface area contributed by atoms with Gasteiger partial charge in [-0.05, 0) is 61.7 Å². The van der Waals surface area contributed by atoms with Crippen LogP contribution >= 0.6 is 0 Å². The fourth-order valence-corrected chi connectivity index (χ4v) is 5.15. The Hall–Kier alpha value is -2.32. The standard InChI is InChI=1S/C22H26F2N2O3S/c1-15(17-10-13-20(23)21(24)14-17)25-22(27)16-8-11-19(12-9-16)30(28,29)26(2)18-6-4-3-5-7-18/h8-15,18H,3-7H2,1-2H3,(H,25,27). The smallest absolute Gasteiger partial charge is 0.251 e. The molecule has 2 aromatic rings. The van der Waals surface area contributed by atoms with Gasteiger partial charge < -0.3 is 5.32 Å². The zero-order chi connectivity index (χ0) is 21.9. The Bertz CT molecular complexity index is 1000. The zero-order valence-corrected chi connectivity index (χ0v) is 17.9. The molecule has 162 valence electrons. The van der Waals surface area contributed by atoms with Crippen LogP contribution in [-0.4, -0.2) is 31.7 Å². The van der Waals surface area contributed by atoms with E-state index in [1.165, 1.54) is 34.6 Å². The summed E-state index contributed by atoms with van der Waals surface area (Å²) in [6, 6.07) is 8.66. The van der Waals surface area contributed by atoms with Crippen molar-refractivity contribution in [3.8, 4) is 0 Å². The number of nitrogens with one attached hydrogen (secondary N) is 1. The summed E-state index contributed by atoms with van der Waals surface area (Å²) in [6.07, 6.45) is 4.91. The molecule has 0 aromatic heterocycles. The number of carbonyl (C=O) groups excluding carboxylic acids is 1. The Morgan fingerprint density at radius 3 is 2.27 bits per heavy atom. The number of nitrogens with zero attached hydrogens (tertiary/aromatic N) is 1. The van der Waals surface area contributed by atoms with Gasteiger partial charge in [-0.15, -0.1) is 0 Å². The average molecular weight is 437 g/mol. The van der Waals surface area contributed by atoms with Crippen molar-refractivity contribution in [1.82, 2.24) is 9.62 Å². The first-order valence-electron chi connectivity index (χ1n) is 10.0. The van der Waals surface area contributed by atoms with Gasteiger partial charge >= 0.3 is 0 Å². The van der Waals surface area contributed by atoms with Gasteiger partial charge in [-0.3, -0.25) is 4.79 Å². The second-order valence-corrected chi connectivity index (χ2v) is 9.70. The van der Waals surface area contributed by atoms with Crippen LogP contribution in [0.25, 0.3) is 0 Å². The van der Waals surface area contributed by atoms with E-state index in [4.69, 9.17) is 0 Å². The maximum atomic E-state index is 13.4. The minimum absolute atomic E-state index is 0.00341. The lowest BCUT2D eigenvalue weighted by Gasteiger charge is -2.30. The fourth-order valence-electron chi connectivity index (χ4n) is 3.73. The van der Waals surface area contributed by atoms with E-state index < -0.39 is 33.6 Å². The van der Waals surface area contributed by atoms with Gasteiger partial charge in [-0.1, -0.05) is 25.3 Å². The van der Waals surface area contributed by atoms with Crippen LogP contribution in [0.3, 0.4) is 0 Å². The van der Waals surface area contributed by atoms with Gasteiger partial charge in [0.05, 0.1) is 10.9 Å².